The van der Waals surface area contributed by atoms with Crippen LogP contribution in [-0.4, -0.2) is 39.2 Å². The van der Waals surface area contributed by atoms with Crippen LogP contribution in [0.2, 0.25) is 0 Å². The van der Waals surface area contributed by atoms with Crippen LogP contribution in [0.15, 0.2) is 12.3 Å². The largest absolute Gasteiger partial charge is 0.516 e. The maximum atomic E-state index is 9.27. The van der Waals surface area contributed by atoms with Gasteiger partial charge in [0.15, 0.2) is 0 Å². The Morgan fingerprint density at radius 1 is 1.08 bits per heavy atom. The summed E-state index contributed by atoms with van der Waals surface area (Å²) in [6.45, 7) is 0.162. The van der Waals surface area contributed by atoms with E-state index < -0.39 is 12.2 Å². The van der Waals surface area contributed by atoms with Crippen molar-refractivity contribution in [3.63, 3.8) is 0 Å². The highest BCUT2D eigenvalue weighted by atomic mass is 16.3. The average molecular weight is 190 g/mol. The Balaban J connectivity index is 3.43. The third-order valence-electron chi connectivity index (χ3n) is 1.84. The molecule has 0 rings (SSSR count). The van der Waals surface area contributed by atoms with Crippen LogP contribution in [0.25, 0.3) is 0 Å². The first-order valence-electron chi connectivity index (χ1n) is 4.50. The Morgan fingerprint density at radius 3 is 2.31 bits per heavy atom. The minimum Gasteiger partial charge on any atom is -0.516 e. The van der Waals surface area contributed by atoms with E-state index in [4.69, 9.17) is 15.3 Å². The SMILES string of the molecule is OC=CC(O)C(O)CCCCCO. The quantitative estimate of drug-likeness (QED) is 0.344. The number of aliphatic hydroxyl groups excluding tert-OH is 4. The van der Waals surface area contributed by atoms with Gasteiger partial charge in [-0.3, -0.25) is 0 Å². The van der Waals surface area contributed by atoms with Gasteiger partial charge in [-0.25, -0.2) is 0 Å². The molecule has 0 radical (unpaired) electrons. The normalized spacial score (nSPS) is 16.2. The first kappa shape index (κ1) is 12.4. The summed E-state index contributed by atoms with van der Waals surface area (Å²) in [5.74, 6) is 0. The van der Waals surface area contributed by atoms with Crippen molar-refractivity contribution in [2.24, 2.45) is 0 Å². The number of hydrogen-bond acceptors (Lipinski definition) is 4. The summed E-state index contributed by atoms with van der Waals surface area (Å²) in [6, 6.07) is 0. The number of unbranched alkanes of at least 4 members (excludes halogenated alkanes) is 2. The highest BCUT2D eigenvalue weighted by molar-refractivity contribution is 4.86. The Bertz CT molecular complexity index is 136. The van der Waals surface area contributed by atoms with Crippen molar-refractivity contribution in [3.8, 4) is 0 Å². The Kier molecular flexibility index (Phi) is 7.68. The van der Waals surface area contributed by atoms with E-state index in [-0.39, 0.29) is 6.61 Å². The van der Waals surface area contributed by atoms with E-state index in [0.717, 1.165) is 31.6 Å². The molecule has 0 aromatic carbocycles. The molecule has 0 aliphatic heterocycles. The Hall–Kier alpha value is -0.580. The van der Waals surface area contributed by atoms with Crippen molar-refractivity contribution in [3.05, 3.63) is 12.3 Å². The molecule has 0 aromatic heterocycles. The summed E-state index contributed by atoms with van der Waals surface area (Å²) in [5.41, 5.74) is 0. The standard InChI is InChI=1S/C9H18O4/c10-6-3-1-2-4-8(12)9(13)5-7-11/h5,7-13H,1-4,6H2. The van der Waals surface area contributed by atoms with E-state index in [2.05, 4.69) is 0 Å². The van der Waals surface area contributed by atoms with Crippen molar-refractivity contribution < 1.29 is 20.4 Å². The van der Waals surface area contributed by atoms with E-state index >= 15 is 0 Å². The third-order valence-corrected chi connectivity index (χ3v) is 1.84. The number of hydrogen-bond donors (Lipinski definition) is 4. The van der Waals surface area contributed by atoms with Crippen molar-refractivity contribution in [1.82, 2.24) is 0 Å². The lowest BCUT2D eigenvalue weighted by Crippen LogP contribution is -2.23. The molecule has 0 spiro atoms. The van der Waals surface area contributed by atoms with E-state index in [0.29, 0.717) is 6.42 Å². The van der Waals surface area contributed by atoms with Gasteiger partial charge in [-0.15, -0.1) is 0 Å². The van der Waals surface area contributed by atoms with Gasteiger partial charge in [0.25, 0.3) is 0 Å². The summed E-state index contributed by atoms with van der Waals surface area (Å²) >= 11 is 0. The van der Waals surface area contributed by atoms with E-state index in [9.17, 15) is 5.11 Å². The second-order valence-corrected chi connectivity index (χ2v) is 2.97. The van der Waals surface area contributed by atoms with Crippen LogP contribution < -0.4 is 0 Å². The monoisotopic (exact) mass is 190 g/mol. The molecule has 0 bridgehead atoms. The van der Waals surface area contributed by atoms with Crippen molar-refractivity contribution in [2.45, 2.75) is 37.9 Å². The fraction of sp³-hybridized carbons (Fsp3) is 0.778. The molecule has 2 unspecified atom stereocenters. The molecule has 13 heavy (non-hydrogen) atoms. The topological polar surface area (TPSA) is 80.9 Å². The lowest BCUT2D eigenvalue weighted by Gasteiger charge is -2.13. The molecule has 0 fully saturated rings. The smallest absolute Gasteiger partial charge is 0.101 e. The van der Waals surface area contributed by atoms with Gasteiger partial charge in [0.2, 0.25) is 0 Å². The lowest BCUT2D eigenvalue weighted by atomic mass is 10.1. The molecule has 78 valence electrons. The van der Waals surface area contributed by atoms with Gasteiger partial charge in [0, 0.05) is 6.61 Å². The number of aliphatic hydroxyl groups is 4. The van der Waals surface area contributed by atoms with Gasteiger partial charge >= 0.3 is 0 Å². The van der Waals surface area contributed by atoms with Gasteiger partial charge in [0.05, 0.1) is 12.4 Å². The van der Waals surface area contributed by atoms with E-state index in [1.165, 1.54) is 0 Å². The van der Waals surface area contributed by atoms with Gasteiger partial charge < -0.3 is 20.4 Å². The summed E-state index contributed by atoms with van der Waals surface area (Å²) in [4.78, 5) is 0. The van der Waals surface area contributed by atoms with Crippen LogP contribution in [0.5, 0.6) is 0 Å². The molecule has 4 N–H and O–H groups in total. The fourth-order valence-corrected chi connectivity index (χ4v) is 1.03. The molecule has 0 saturated carbocycles. The molecule has 0 aliphatic rings. The maximum Gasteiger partial charge on any atom is 0.101 e. The molecule has 0 aliphatic carbocycles. The Labute approximate surface area is 78.1 Å². The zero-order valence-corrected chi connectivity index (χ0v) is 7.63. The van der Waals surface area contributed by atoms with Crippen molar-refractivity contribution in [2.75, 3.05) is 6.61 Å². The highest BCUT2D eigenvalue weighted by Crippen LogP contribution is 2.07. The average Bonchev–Trinajstić information content (AvgIpc) is 2.12. The van der Waals surface area contributed by atoms with Crippen LogP contribution in [0.4, 0.5) is 0 Å². The molecule has 2 atom stereocenters. The van der Waals surface area contributed by atoms with Crippen LogP contribution in [0.3, 0.4) is 0 Å². The van der Waals surface area contributed by atoms with Gasteiger partial charge in [-0.1, -0.05) is 12.8 Å². The molecule has 0 saturated heterocycles. The first-order chi connectivity index (χ1) is 6.22. The van der Waals surface area contributed by atoms with Crippen LogP contribution in [0, 0.1) is 0 Å². The molecular formula is C9H18O4. The molecule has 0 aromatic rings. The predicted molar refractivity (Wildman–Crippen MR) is 49.3 cm³/mol. The first-order valence-corrected chi connectivity index (χ1v) is 4.50. The zero-order valence-electron chi connectivity index (χ0n) is 7.63. The Morgan fingerprint density at radius 2 is 1.77 bits per heavy atom. The van der Waals surface area contributed by atoms with Crippen LogP contribution in [-0.2, 0) is 0 Å². The molecule has 0 heterocycles. The van der Waals surface area contributed by atoms with Gasteiger partial charge in [-0.2, -0.15) is 0 Å². The molecular weight excluding hydrogens is 172 g/mol. The fourth-order valence-electron chi connectivity index (χ4n) is 1.03. The lowest BCUT2D eigenvalue weighted by molar-refractivity contribution is 0.0402. The van der Waals surface area contributed by atoms with Crippen molar-refractivity contribution in [1.29, 1.82) is 0 Å². The predicted octanol–water partition coefficient (Wildman–Crippen LogP) is 0.333. The minimum absolute atomic E-state index is 0.162. The van der Waals surface area contributed by atoms with E-state index in [1.807, 2.05) is 0 Å². The van der Waals surface area contributed by atoms with Crippen LogP contribution in [0.1, 0.15) is 25.7 Å². The van der Waals surface area contributed by atoms with Gasteiger partial charge in [0.1, 0.15) is 6.10 Å². The maximum absolute atomic E-state index is 9.27. The second kappa shape index (κ2) is 8.04. The van der Waals surface area contributed by atoms with Crippen molar-refractivity contribution >= 4 is 0 Å². The minimum atomic E-state index is -1.00. The summed E-state index contributed by atoms with van der Waals surface area (Å²) in [5, 5.41) is 35.2. The number of rotatable bonds is 7. The van der Waals surface area contributed by atoms with E-state index in [1.54, 1.807) is 0 Å². The van der Waals surface area contributed by atoms with Gasteiger partial charge in [-0.05, 0) is 18.9 Å². The molecule has 4 heteroatoms. The summed E-state index contributed by atoms with van der Waals surface area (Å²) < 4.78 is 0. The second-order valence-electron chi connectivity index (χ2n) is 2.97. The summed E-state index contributed by atoms with van der Waals surface area (Å²) in [7, 11) is 0. The third kappa shape index (κ3) is 6.57. The zero-order chi connectivity index (χ0) is 10.1. The molecule has 0 amide bonds. The van der Waals surface area contributed by atoms with Crippen LogP contribution >= 0.6 is 0 Å². The molecule has 4 nitrogen and oxygen atoms in total. The highest BCUT2D eigenvalue weighted by Gasteiger charge is 2.11. The summed E-state index contributed by atoms with van der Waals surface area (Å²) in [6.07, 6.45) is 2.82.